The zero-order valence-corrected chi connectivity index (χ0v) is 9.79. The third-order valence-corrected chi connectivity index (χ3v) is 2.09. The molecule has 0 bridgehead atoms. The van der Waals surface area contributed by atoms with Crippen LogP contribution in [-0.2, 0) is 9.59 Å². The number of carbonyl (C=O) groups is 2. The molecule has 0 fully saturated rings. The number of aliphatic carboxylic acids is 1. The molecular weight excluding hydrogens is 300 g/mol. The van der Waals surface area contributed by atoms with E-state index in [4.69, 9.17) is 5.11 Å². The summed E-state index contributed by atoms with van der Waals surface area (Å²) in [6.07, 6.45) is 1.22. The number of carbonyl (C=O) groups excluding carboxylic acids is 1. The molecule has 1 aromatic carbocycles. The Morgan fingerprint density at radius 3 is 2.24 bits per heavy atom. The highest BCUT2D eigenvalue weighted by Gasteiger charge is 2.12. The first-order valence-electron chi connectivity index (χ1n) is 4.26. The molecule has 4 nitrogen and oxygen atoms in total. The number of halogens is 3. The second kappa shape index (κ2) is 5.53. The van der Waals surface area contributed by atoms with E-state index in [0.29, 0.717) is 12.2 Å². The fourth-order valence-electron chi connectivity index (χ4n) is 0.973. The van der Waals surface area contributed by atoms with Crippen LogP contribution in [0.25, 0.3) is 0 Å². The number of hydrogen-bond donors (Lipinski definition) is 2. The Hall–Kier alpha value is -1.76. The van der Waals surface area contributed by atoms with Crippen LogP contribution < -0.4 is 5.32 Å². The van der Waals surface area contributed by atoms with Gasteiger partial charge < -0.3 is 10.4 Å². The van der Waals surface area contributed by atoms with Crippen molar-refractivity contribution in [1.82, 2.24) is 0 Å². The number of nitrogens with one attached hydrogen (secondary N) is 1. The van der Waals surface area contributed by atoms with Crippen LogP contribution in [0.2, 0.25) is 0 Å². The summed E-state index contributed by atoms with van der Waals surface area (Å²) in [5.41, 5.74) is -0.631. The number of amides is 1. The van der Waals surface area contributed by atoms with Crippen LogP contribution in [-0.4, -0.2) is 17.0 Å². The Labute approximate surface area is 103 Å². The Kier molecular flexibility index (Phi) is 4.33. The average Bonchev–Trinajstić information content (AvgIpc) is 2.20. The predicted octanol–water partition coefficient (Wildman–Crippen LogP) is 2.31. The molecule has 0 aromatic heterocycles. The maximum absolute atomic E-state index is 13.2. The van der Waals surface area contributed by atoms with Crippen molar-refractivity contribution < 1.29 is 23.5 Å². The molecule has 0 aliphatic heterocycles. The lowest BCUT2D eigenvalue weighted by Crippen LogP contribution is -2.11. The van der Waals surface area contributed by atoms with Gasteiger partial charge in [-0.2, -0.15) is 0 Å². The van der Waals surface area contributed by atoms with Crippen LogP contribution in [0.1, 0.15) is 0 Å². The fraction of sp³-hybridized carbons (Fsp3) is 0. The first kappa shape index (κ1) is 13.3. The van der Waals surface area contributed by atoms with Gasteiger partial charge in [-0.1, -0.05) is 15.9 Å². The SMILES string of the molecule is O=C(O)C=CC(=O)Nc1c(F)cc(Br)cc1F. The molecule has 0 aliphatic rings. The van der Waals surface area contributed by atoms with Crippen molar-refractivity contribution in [3.05, 3.63) is 40.4 Å². The third kappa shape index (κ3) is 3.95. The zero-order valence-electron chi connectivity index (χ0n) is 8.21. The van der Waals surface area contributed by atoms with Crippen molar-refractivity contribution in [1.29, 1.82) is 0 Å². The number of hydrogen-bond acceptors (Lipinski definition) is 2. The lowest BCUT2D eigenvalue weighted by Gasteiger charge is -2.05. The van der Waals surface area contributed by atoms with Crippen molar-refractivity contribution in [2.45, 2.75) is 0 Å². The first-order valence-corrected chi connectivity index (χ1v) is 5.06. The van der Waals surface area contributed by atoms with Gasteiger partial charge in [0.1, 0.15) is 5.69 Å². The summed E-state index contributed by atoms with van der Waals surface area (Å²) < 4.78 is 26.7. The van der Waals surface area contributed by atoms with Crippen molar-refractivity contribution in [2.24, 2.45) is 0 Å². The molecule has 2 N–H and O–H groups in total. The van der Waals surface area contributed by atoms with E-state index in [0.717, 1.165) is 12.1 Å². The average molecular weight is 306 g/mol. The highest BCUT2D eigenvalue weighted by Crippen LogP contribution is 2.23. The molecule has 17 heavy (non-hydrogen) atoms. The minimum Gasteiger partial charge on any atom is -0.478 e. The normalized spacial score (nSPS) is 10.5. The molecule has 1 aromatic rings. The van der Waals surface area contributed by atoms with E-state index in [2.05, 4.69) is 15.9 Å². The molecule has 0 radical (unpaired) electrons. The number of carboxylic acids is 1. The van der Waals surface area contributed by atoms with Crippen molar-refractivity contribution in [3.8, 4) is 0 Å². The maximum Gasteiger partial charge on any atom is 0.328 e. The summed E-state index contributed by atoms with van der Waals surface area (Å²) in [5, 5.41) is 10.2. The molecule has 0 saturated carbocycles. The standard InChI is InChI=1S/C10H6BrF2NO3/c11-5-3-6(12)10(7(13)4-5)14-8(15)1-2-9(16)17/h1-4H,(H,14,15)(H,16,17). The Bertz CT molecular complexity index is 479. The van der Waals surface area contributed by atoms with Crippen LogP contribution in [0, 0.1) is 11.6 Å². The van der Waals surface area contributed by atoms with E-state index in [1.165, 1.54) is 0 Å². The smallest absolute Gasteiger partial charge is 0.328 e. The Balaban J connectivity index is 2.89. The summed E-state index contributed by atoms with van der Waals surface area (Å²) in [5.74, 6) is -4.20. The molecule has 0 heterocycles. The van der Waals surface area contributed by atoms with Gasteiger partial charge in [-0.25, -0.2) is 13.6 Å². The van der Waals surface area contributed by atoms with Crippen molar-refractivity contribution in [3.63, 3.8) is 0 Å². The van der Waals surface area contributed by atoms with Gasteiger partial charge >= 0.3 is 5.97 Å². The lowest BCUT2D eigenvalue weighted by molar-refractivity contribution is -0.131. The molecule has 1 amide bonds. The van der Waals surface area contributed by atoms with E-state index >= 15 is 0 Å². The van der Waals surface area contributed by atoms with E-state index in [-0.39, 0.29) is 4.47 Å². The van der Waals surface area contributed by atoms with E-state index < -0.39 is 29.2 Å². The predicted molar refractivity (Wildman–Crippen MR) is 59.5 cm³/mol. The summed E-state index contributed by atoms with van der Waals surface area (Å²) in [4.78, 5) is 21.2. The molecule has 90 valence electrons. The van der Waals surface area contributed by atoms with E-state index in [9.17, 15) is 18.4 Å². The second-order valence-electron chi connectivity index (χ2n) is 2.91. The summed E-state index contributed by atoms with van der Waals surface area (Å²) >= 11 is 2.88. The molecule has 0 spiro atoms. The van der Waals surface area contributed by atoms with Crippen LogP contribution in [0.15, 0.2) is 28.8 Å². The lowest BCUT2D eigenvalue weighted by atomic mass is 10.3. The van der Waals surface area contributed by atoms with Crippen LogP contribution in [0.5, 0.6) is 0 Å². The molecule has 0 atom stereocenters. The van der Waals surface area contributed by atoms with Crippen molar-refractivity contribution >= 4 is 33.5 Å². The van der Waals surface area contributed by atoms with Crippen LogP contribution in [0.4, 0.5) is 14.5 Å². The largest absolute Gasteiger partial charge is 0.478 e. The van der Waals surface area contributed by atoms with E-state index in [1.807, 2.05) is 5.32 Å². The number of carboxylic acid groups (broad SMARTS) is 1. The van der Waals surface area contributed by atoms with Gasteiger partial charge in [0.05, 0.1) is 0 Å². The van der Waals surface area contributed by atoms with Crippen LogP contribution in [0.3, 0.4) is 0 Å². The van der Waals surface area contributed by atoms with Gasteiger partial charge in [0.15, 0.2) is 11.6 Å². The minimum absolute atomic E-state index is 0.187. The summed E-state index contributed by atoms with van der Waals surface area (Å²) in [6.45, 7) is 0. The third-order valence-electron chi connectivity index (χ3n) is 1.63. The molecular formula is C10H6BrF2NO3. The Morgan fingerprint density at radius 1 is 1.24 bits per heavy atom. The summed E-state index contributed by atoms with van der Waals surface area (Å²) in [7, 11) is 0. The number of rotatable bonds is 3. The highest BCUT2D eigenvalue weighted by atomic mass is 79.9. The molecule has 1 rings (SSSR count). The Morgan fingerprint density at radius 2 is 1.76 bits per heavy atom. The topological polar surface area (TPSA) is 66.4 Å². The van der Waals surface area contributed by atoms with Crippen LogP contribution >= 0.6 is 15.9 Å². The van der Waals surface area contributed by atoms with Gasteiger partial charge in [0.25, 0.3) is 0 Å². The molecule has 0 aliphatic carbocycles. The molecule has 0 unspecified atom stereocenters. The zero-order chi connectivity index (χ0) is 13.0. The van der Waals surface area contributed by atoms with Gasteiger partial charge in [-0.15, -0.1) is 0 Å². The van der Waals surface area contributed by atoms with Gasteiger partial charge in [-0.05, 0) is 12.1 Å². The first-order chi connectivity index (χ1) is 7.90. The van der Waals surface area contributed by atoms with Gasteiger partial charge in [0, 0.05) is 16.6 Å². The monoisotopic (exact) mass is 305 g/mol. The molecule has 0 saturated heterocycles. The number of anilines is 1. The fourth-order valence-corrected chi connectivity index (χ4v) is 1.38. The van der Waals surface area contributed by atoms with Gasteiger partial charge in [0.2, 0.25) is 5.91 Å². The summed E-state index contributed by atoms with van der Waals surface area (Å²) in [6, 6.07) is 1.94. The maximum atomic E-state index is 13.2. The van der Waals surface area contributed by atoms with E-state index in [1.54, 1.807) is 0 Å². The molecule has 7 heteroatoms. The number of benzene rings is 1. The minimum atomic E-state index is -1.34. The highest BCUT2D eigenvalue weighted by molar-refractivity contribution is 9.10. The second-order valence-corrected chi connectivity index (χ2v) is 3.82. The quantitative estimate of drug-likeness (QED) is 0.842. The van der Waals surface area contributed by atoms with Crippen molar-refractivity contribution in [2.75, 3.05) is 5.32 Å². The van der Waals surface area contributed by atoms with Gasteiger partial charge in [-0.3, -0.25) is 4.79 Å².